The monoisotopic (exact) mass is 260 g/mol. The van der Waals surface area contributed by atoms with Gasteiger partial charge in [-0.3, -0.25) is 0 Å². The molecule has 5 heteroatoms. The van der Waals surface area contributed by atoms with E-state index < -0.39 is 5.97 Å². The maximum absolute atomic E-state index is 11.0. The number of carboxylic acid groups (broad SMARTS) is 1. The van der Waals surface area contributed by atoms with Crippen LogP contribution in [0.5, 0.6) is 0 Å². The van der Waals surface area contributed by atoms with E-state index in [9.17, 15) is 4.79 Å². The van der Waals surface area contributed by atoms with Gasteiger partial charge in [-0.05, 0) is 18.1 Å². The van der Waals surface area contributed by atoms with Crippen LogP contribution < -0.4 is 0 Å². The predicted octanol–water partition coefficient (Wildman–Crippen LogP) is 2.76. The summed E-state index contributed by atoms with van der Waals surface area (Å²) in [7, 11) is 0. The van der Waals surface area contributed by atoms with Gasteiger partial charge < -0.3 is 10.2 Å². The number of aliphatic hydroxyl groups is 1. The number of rotatable bonds is 5. The van der Waals surface area contributed by atoms with E-state index in [-0.39, 0.29) is 23.1 Å². The first-order valence-corrected chi connectivity index (χ1v) is 6.18. The van der Waals surface area contributed by atoms with Gasteiger partial charge in [-0.1, -0.05) is 24.6 Å². The Morgan fingerprint density at radius 2 is 2.25 bits per heavy atom. The number of hydrogen-bond donors (Lipinski definition) is 2. The lowest BCUT2D eigenvalue weighted by Crippen LogP contribution is -2.05. The summed E-state index contributed by atoms with van der Waals surface area (Å²) in [6.45, 7) is 1.99. The fourth-order valence-electron chi connectivity index (χ4n) is 1.12. The summed E-state index contributed by atoms with van der Waals surface area (Å²) in [6.07, 6.45) is 0. The minimum Gasteiger partial charge on any atom is -0.478 e. The van der Waals surface area contributed by atoms with Gasteiger partial charge in [0.1, 0.15) is 0 Å². The molecule has 0 aromatic heterocycles. The molecule has 1 atom stereocenters. The Balaban J connectivity index is 2.87. The molecule has 0 radical (unpaired) electrons. The van der Waals surface area contributed by atoms with E-state index in [0.29, 0.717) is 10.6 Å². The molecule has 0 aliphatic rings. The summed E-state index contributed by atoms with van der Waals surface area (Å²) in [6, 6.07) is 5.01. The van der Waals surface area contributed by atoms with Gasteiger partial charge in [0, 0.05) is 17.3 Å². The fourth-order valence-corrected chi connectivity index (χ4v) is 2.51. The van der Waals surface area contributed by atoms with E-state index in [1.807, 2.05) is 6.92 Å². The van der Waals surface area contributed by atoms with Gasteiger partial charge >= 0.3 is 5.97 Å². The topological polar surface area (TPSA) is 57.5 Å². The van der Waals surface area contributed by atoms with Crippen molar-refractivity contribution in [2.24, 2.45) is 5.92 Å². The average molecular weight is 261 g/mol. The van der Waals surface area contributed by atoms with Crippen LogP contribution in [-0.4, -0.2) is 28.5 Å². The molecule has 0 aliphatic heterocycles. The third kappa shape index (κ3) is 3.40. The van der Waals surface area contributed by atoms with Crippen molar-refractivity contribution in [3.05, 3.63) is 28.8 Å². The molecule has 1 rings (SSSR count). The number of halogens is 1. The molecule has 2 N–H and O–H groups in total. The highest BCUT2D eigenvalue weighted by atomic mass is 35.5. The Morgan fingerprint density at radius 1 is 1.56 bits per heavy atom. The van der Waals surface area contributed by atoms with Crippen molar-refractivity contribution in [3.63, 3.8) is 0 Å². The smallest absolute Gasteiger partial charge is 0.338 e. The summed E-state index contributed by atoms with van der Waals surface area (Å²) >= 11 is 7.23. The van der Waals surface area contributed by atoms with Crippen LogP contribution in [0.25, 0.3) is 0 Å². The van der Waals surface area contributed by atoms with Crippen LogP contribution in [0, 0.1) is 5.92 Å². The highest BCUT2D eigenvalue weighted by Gasteiger charge is 2.15. The molecule has 0 saturated heterocycles. The minimum atomic E-state index is -1.02. The first-order chi connectivity index (χ1) is 7.56. The molecule has 0 amide bonds. The van der Waals surface area contributed by atoms with Crippen molar-refractivity contribution >= 4 is 29.3 Å². The summed E-state index contributed by atoms with van der Waals surface area (Å²) in [4.78, 5) is 11.6. The molecule has 3 nitrogen and oxygen atoms in total. The largest absolute Gasteiger partial charge is 0.478 e. The highest BCUT2D eigenvalue weighted by Crippen LogP contribution is 2.29. The zero-order chi connectivity index (χ0) is 12.1. The number of hydrogen-bond acceptors (Lipinski definition) is 3. The molecule has 1 aromatic carbocycles. The normalized spacial score (nSPS) is 12.4. The number of aliphatic hydroxyl groups excluding tert-OH is 1. The second-order valence-electron chi connectivity index (χ2n) is 3.52. The number of carboxylic acids is 1. The molecule has 0 fully saturated rings. The maximum atomic E-state index is 11.0. The van der Waals surface area contributed by atoms with E-state index >= 15 is 0 Å². The molecule has 1 aromatic rings. The van der Waals surface area contributed by atoms with E-state index in [0.717, 1.165) is 0 Å². The van der Waals surface area contributed by atoms with Gasteiger partial charge in [0.15, 0.2) is 0 Å². The van der Waals surface area contributed by atoms with Crippen LogP contribution in [0.3, 0.4) is 0 Å². The van der Waals surface area contributed by atoms with Crippen molar-refractivity contribution in [1.82, 2.24) is 0 Å². The summed E-state index contributed by atoms with van der Waals surface area (Å²) < 4.78 is 0. The summed E-state index contributed by atoms with van der Waals surface area (Å²) in [5, 5.41) is 18.2. The van der Waals surface area contributed by atoms with Crippen molar-refractivity contribution in [3.8, 4) is 0 Å². The minimum absolute atomic E-state index is 0.0932. The molecular weight excluding hydrogens is 248 g/mol. The van der Waals surface area contributed by atoms with Gasteiger partial charge in [-0.2, -0.15) is 0 Å². The molecular formula is C11H13ClO3S. The average Bonchev–Trinajstić information content (AvgIpc) is 2.25. The Kier molecular flexibility index (Phi) is 5.12. The number of carbonyl (C=O) groups is 1. The third-order valence-corrected chi connectivity index (χ3v) is 3.73. The fraction of sp³-hybridized carbons (Fsp3) is 0.364. The molecule has 0 spiro atoms. The van der Waals surface area contributed by atoms with Gasteiger partial charge in [0.05, 0.1) is 10.6 Å². The molecule has 0 heterocycles. The van der Waals surface area contributed by atoms with Crippen LogP contribution in [-0.2, 0) is 0 Å². The maximum Gasteiger partial charge on any atom is 0.338 e. The zero-order valence-corrected chi connectivity index (χ0v) is 10.4. The van der Waals surface area contributed by atoms with E-state index in [2.05, 4.69) is 0 Å². The first-order valence-electron chi connectivity index (χ1n) is 4.81. The van der Waals surface area contributed by atoms with Crippen molar-refractivity contribution in [2.45, 2.75) is 11.8 Å². The molecule has 0 saturated carbocycles. The Morgan fingerprint density at radius 3 is 2.81 bits per heavy atom. The Hall–Kier alpha value is -0.710. The molecule has 88 valence electrons. The molecule has 0 aliphatic carbocycles. The van der Waals surface area contributed by atoms with Crippen molar-refractivity contribution < 1.29 is 15.0 Å². The van der Waals surface area contributed by atoms with E-state index in [4.69, 9.17) is 21.8 Å². The Labute approximate surface area is 103 Å². The van der Waals surface area contributed by atoms with E-state index in [1.54, 1.807) is 18.2 Å². The first kappa shape index (κ1) is 13.4. The molecule has 0 bridgehead atoms. The lowest BCUT2D eigenvalue weighted by atomic mass is 10.2. The van der Waals surface area contributed by atoms with Crippen LogP contribution in [0.4, 0.5) is 0 Å². The SMILES string of the molecule is CC(CO)CSc1cccc(Cl)c1C(=O)O. The van der Waals surface area contributed by atoms with Crippen LogP contribution in [0.15, 0.2) is 23.1 Å². The van der Waals surface area contributed by atoms with Crippen LogP contribution >= 0.6 is 23.4 Å². The standard InChI is InChI=1S/C11H13ClO3S/c1-7(5-13)6-16-9-4-2-3-8(12)10(9)11(14)15/h2-4,7,13H,5-6H2,1H3,(H,14,15). The van der Waals surface area contributed by atoms with Gasteiger partial charge in [0.2, 0.25) is 0 Å². The van der Waals surface area contributed by atoms with Crippen molar-refractivity contribution in [1.29, 1.82) is 0 Å². The van der Waals surface area contributed by atoms with Gasteiger partial charge in [-0.25, -0.2) is 4.79 Å². The second kappa shape index (κ2) is 6.13. The van der Waals surface area contributed by atoms with Crippen molar-refractivity contribution in [2.75, 3.05) is 12.4 Å². The van der Waals surface area contributed by atoms with Crippen LogP contribution in [0.1, 0.15) is 17.3 Å². The summed E-state index contributed by atoms with van der Waals surface area (Å²) in [5.41, 5.74) is 0.138. The Bertz CT molecular complexity index is 381. The lowest BCUT2D eigenvalue weighted by Gasteiger charge is -2.10. The number of aromatic carboxylic acids is 1. The quantitative estimate of drug-likeness (QED) is 0.800. The number of thioether (sulfide) groups is 1. The summed E-state index contributed by atoms with van der Waals surface area (Å²) in [5.74, 6) is -0.229. The number of benzene rings is 1. The second-order valence-corrected chi connectivity index (χ2v) is 4.99. The molecule has 1 unspecified atom stereocenters. The molecule has 16 heavy (non-hydrogen) atoms. The lowest BCUT2D eigenvalue weighted by molar-refractivity contribution is 0.0693. The van der Waals surface area contributed by atoms with Crippen LogP contribution in [0.2, 0.25) is 5.02 Å². The predicted molar refractivity (Wildman–Crippen MR) is 65.4 cm³/mol. The van der Waals surface area contributed by atoms with E-state index in [1.165, 1.54) is 11.8 Å². The van der Waals surface area contributed by atoms with Gasteiger partial charge in [0.25, 0.3) is 0 Å². The zero-order valence-electron chi connectivity index (χ0n) is 8.81. The third-order valence-electron chi connectivity index (χ3n) is 2.02. The highest BCUT2D eigenvalue weighted by molar-refractivity contribution is 7.99. The van der Waals surface area contributed by atoms with Gasteiger partial charge in [-0.15, -0.1) is 11.8 Å².